The quantitative estimate of drug-likeness (QED) is 0.458. The van der Waals surface area contributed by atoms with E-state index >= 15 is 0 Å². The summed E-state index contributed by atoms with van der Waals surface area (Å²) in [5.41, 5.74) is 8.14. The molecule has 0 unspecified atom stereocenters. The molecule has 0 spiro atoms. The molecule has 2 aromatic heterocycles. The Morgan fingerprint density at radius 2 is 1.95 bits per heavy atom. The van der Waals surface area contributed by atoms with Crippen molar-refractivity contribution in [1.29, 1.82) is 0 Å². The van der Waals surface area contributed by atoms with E-state index in [4.69, 9.17) is 5.73 Å². The molecular formula is C26H31N7O3S. The van der Waals surface area contributed by atoms with Crippen molar-refractivity contribution in [3.63, 3.8) is 0 Å². The number of hydrogen-bond donors (Lipinski definition) is 2. The van der Waals surface area contributed by atoms with Crippen molar-refractivity contribution in [3.05, 3.63) is 72.5 Å². The Balaban J connectivity index is 1.53. The Bertz CT molecular complexity index is 1390. The Hall–Kier alpha value is -3.83. The molecule has 37 heavy (non-hydrogen) atoms. The van der Waals surface area contributed by atoms with Gasteiger partial charge in [0.2, 0.25) is 0 Å². The second kappa shape index (κ2) is 11.5. The molecule has 1 aliphatic heterocycles. The summed E-state index contributed by atoms with van der Waals surface area (Å²) in [4.78, 5) is 30.0. The molecule has 1 fully saturated rings. The average molecular weight is 522 g/mol. The summed E-state index contributed by atoms with van der Waals surface area (Å²) in [5, 5.41) is 2.70. The van der Waals surface area contributed by atoms with Gasteiger partial charge in [0.05, 0.1) is 34.4 Å². The first kappa shape index (κ1) is 26.2. The number of amides is 1. The highest BCUT2D eigenvalue weighted by Gasteiger charge is 2.20. The van der Waals surface area contributed by atoms with Gasteiger partial charge in [-0.1, -0.05) is 19.1 Å². The molecule has 10 nitrogen and oxygen atoms in total. The molecule has 1 aromatic carbocycles. The van der Waals surface area contributed by atoms with Crippen LogP contribution in [0.25, 0.3) is 11.3 Å². The second-order valence-corrected chi connectivity index (χ2v) is 10.9. The van der Waals surface area contributed by atoms with E-state index in [1.165, 1.54) is 12.4 Å². The third-order valence-corrected chi connectivity index (χ3v) is 7.88. The zero-order chi connectivity index (χ0) is 26.4. The Morgan fingerprint density at radius 1 is 1.16 bits per heavy atom. The van der Waals surface area contributed by atoms with Crippen LogP contribution in [0.3, 0.4) is 0 Å². The molecule has 1 aliphatic rings. The number of benzene rings is 1. The highest BCUT2D eigenvalue weighted by molar-refractivity contribution is 7.91. The van der Waals surface area contributed by atoms with E-state index in [1.807, 2.05) is 13.1 Å². The molecule has 0 bridgehead atoms. The maximum absolute atomic E-state index is 13.1. The maximum atomic E-state index is 13.1. The molecular weight excluding hydrogens is 490 g/mol. The lowest BCUT2D eigenvalue weighted by atomic mass is 10.1. The second-order valence-electron chi connectivity index (χ2n) is 8.87. The van der Waals surface area contributed by atoms with Crippen molar-refractivity contribution in [2.75, 3.05) is 50.0 Å². The molecule has 4 rings (SSSR count). The number of anilines is 2. The summed E-state index contributed by atoms with van der Waals surface area (Å²) in [6.45, 7) is 5.58. The minimum atomic E-state index is -3.53. The number of sulfone groups is 1. The zero-order valence-electron chi connectivity index (χ0n) is 21.0. The summed E-state index contributed by atoms with van der Waals surface area (Å²) in [7, 11) is -1.45. The third-order valence-electron chi connectivity index (χ3n) is 6.18. The van der Waals surface area contributed by atoms with Crippen molar-refractivity contribution in [2.24, 2.45) is 0 Å². The first-order chi connectivity index (χ1) is 17.8. The van der Waals surface area contributed by atoms with Gasteiger partial charge in [0.25, 0.3) is 5.91 Å². The van der Waals surface area contributed by atoms with Gasteiger partial charge in [0, 0.05) is 37.9 Å². The number of hydrogen-bond acceptors (Lipinski definition) is 9. The molecule has 3 aromatic rings. The van der Waals surface area contributed by atoms with Gasteiger partial charge in [0.1, 0.15) is 0 Å². The van der Waals surface area contributed by atoms with Gasteiger partial charge in [-0.3, -0.25) is 9.78 Å². The Kier molecular flexibility index (Phi) is 8.14. The van der Waals surface area contributed by atoms with Crippen LogP contribution >= 0.6 is 0 Å². The highest BCUT2D eigenvalue weighted by atomic mass is 32.2. The van der Waals surface area contributed by atoms with E-state index in [9.17, 15) is 13.2 Å². The van der Waals surface area contributed by atoms with Crippen LogP contribution < -0.4 is 11.1 Å². The number of pyridine rings is 1. The van der Waals surface area contributed by atoms with Crippen LogP contribution in [0.15, 0.2) is 66.1 Å². The smallest absolute Gasteiger partial charge is 0.278 e. The highest BCUT2D eigenvalue weighted by Crippen LogP contribution is 2.26. The minimum absolute atomic E-state index is 0.00723. The summed E-state index contributed by atoms with van der Waals surface area (Å²) >= 11 is 0. The number of aryl methyl sites for hydroxylation is 1. The SMILES string of the molecule is CCc1cc(-c2cnc(N)c(C(=O)Nc3cccnc3)n2)ccc1S(=O)(=O)CC=CN1CCN(C)CC1. The molecule has 3 N–H and O–H groups in total. The minimum Gasteiger partial charge on any atom is -0.382 e. The van der Waals surface area contributed by atoms with Crippen molar-refractivity contribution >= 4 is 27.2 Å². The van der Waals surface area contributed by atoms with Crippen molar-refractivity contribution in [1.82, 2.24) is 24.8 Å². The number of nitrogens with two attached hydrogens (primary N) is 1. The molecule has 1 amide bonds. The normalized spacial score (nSPS) is 14.7. The zero-order valence-corrected chi connectivity index (χ0v) is 21.8. The van der Waals surface area contributed by atoms with Gasteiger partial charge in [-0.05, 0) is 49.5 Å². The lowest BCUT2D eigenvalue weighted by Gasteiger charge is -2.31. The van der Waals surface area contributed by atoms with Crippen LogP contribution in [-0.2, 0) is 16.3 Å². The van der Waals surface area contributed by atoms with Crippen molar-refractivity contribution in [3.8, 4) is 11.3 Å². The van der Waals surface area contributed by atoms with Gasteiger partial charge in [0.15, 0.2) is 21.3 Å². The van der Waals surface area contributed by atoms with E-state index < -0.39 is 15.7 Å². The van der Waals surface area contributed by atoms with E-state index in [0.29, 0.717) is 33.8 Å². The van der Waals surface area contributed by atoms with E-state index in [1.54, 1.807) is 42.6 Å². The summed E-state index contributed by atoms with van der Waals surface area (Å²) in [5.74, 6) is -0.597. The van der Waals surface area contributed by atoms with Crippen LogP contribution in [0, 0.1) is 0 Å². The van der Waals surface area contributed by atoms with E-state index in [2.05, 4.69) is 37.1 Å². The largest absolute Gasteiger partial charge is 0.382 e. The molecule has 194 valence electrons. The number of rotatable bonds is 8. The summed E-state index contributed by atoms with van der Waals surface area (Å²) in [6.07, 6.45) is 8.69. The number of likely N-dealkylation sites (N-methyl/N-ethyl adjacent to an activating group) is 1. The number of carbonyl (C=O) groups excluding carboxylic acids is 1. The number of nitrogen functional groups attached to an aromatic ring is 1. The van der Waals surface area contributed by atoms with Crippen molar-refractivity contribution < 1.29 is 13.2 Å². The summed E-state index contributed by atoms with van der Waals surface area (Å²) < 4.78 is 26.3. The average Bonchev–Trinajstić information content (AvgIpc) is 2.90. The van der Waals surface area contributed by atoms with Crippen LogP contribution in [0.5, 0.6) is 0 Å². The number of nitrogens with one attached hydrogen (secondary N) is 1. The van der Waals surface area contributed by atoms with Gasteiger partial charge in [-0.25, -0.2) is 18.4 Å². The molecule has 0 radical (unpaired) electrons. The van der Waals surface area contributed by atoms with Gasteiger partial charge in [-0.15, -0.1) is 0 Å². The standard InChI is InChI=1S/C26H31N7O3S/c1-3-19-16-20(7-8-23(19)37(35,36)15-5-10-33-13-11-32(2)12-14-33)22-18-29-25(27)24(31-22)26(34)30-21-6-4-9-28-17-21/h4-10,16-18H,3,11-15H2,1-2H3,(H2,27,29)(H,30,34). The van der Waals surface area contributed by atoms with Crippen LogP contribution in [0.4, 0.5) is 11.5 Å². The van der Waals surface area contributed by atoms with Crippen LogP contribution in [-0.4, -0.2) is 78.1 Å². The lowest BCUT2D eigenvalue weighted by molar-refractivity contribution is 0.102. The molecule has 3 heterocycles. The third kappa shape index (κ3) is 6.49. The fraction of sp³-hybridized carbons (Fsp3) is 0.308. The number of piperazine rings is 1. The predicted octanol–water partition coefficient (Wildman–Crippen LogP) is 2.47. The fourth-order valence-corrected chi connectivity index (χ4v) is 5.43. The lowest BCUT2D eigenvalue weighted by Crippen LogP contribution is -2.41. The first-order valence-corrected chi connectivity index (χ1v) is 13.7. The number of nitrogens with zero attached hydrogens (tertiary/aromatic N) is 5. The molecule has 0 saturated carbocycles. The summed E-state index contributed by atoms with van der Waals surface area (Å²) in [6, 6.07) is 8.45. The van der Waals surface area contributed by atoms with Gasteiger partial charge < -0.3 is 20.9 Å². The molecule has 0 aliphatic carbocycles. The van der Waals surface area contributed by atoms with Crippen LogP contribution in [0.2, 0.25) is 0 Å². The maximum Gasteiger partial charge on any atom is 0.278 e. The van der Waals surface area contributed by atoms with E-state index in [0.717, 1.165) is 26.2 Å². The Labute approximate surface area is 217 Å². The fourth-order valence-electron chi connectivity index (χ4n) is 4.03. The molecule has 0 atom stereocenters. The number of aromatic nitrogens is 3. The van der Waals surface area contributed by atoms with Gasteiger partial charge in [-0.2, -0.15) is 0 Å². The number of carbonyl (C=O) groups is 1. The molecule has 11 heteroatoms. The van der Waals surface area contributed by atoms with Crippen LogP contribution in [0.1, 0.15) is 23.0 Å². The Morgan fingerprint density at radius 3 is 2.65 bits per heavy atom. The van der Waals surface area contributed by atoms with Crippen molar-refractivity contribution in [2.45, 2.75) is 18.2 Å². The molecule has 1 saturated heterocycles. The monoisotopic (exact) mass is 521 g/mol. The topological polar surface area (TPSA) is 134 Å². The predicted molar refractivity (Wildman–Crippen MR) is 144 cm³/mol. The van der Waals surface area contributed by atoms with Gasteiger partial charge >= 0.3 is 0 Å². The first-order valence-electron chi connectivity index (χ1n) is 12.1. The van der Waals surface area contributed by atoms with E-state index in [-0.39, 0.29) is 17.3 Å².